The molecular weight excluding hydrogens is 206 g/mol. The minimum atomic E-state index is -0.389. The Labute approximate surface area is 96.8 Å². The molecule has 5 heteroatoms. The number of hydrogen-bond donors (Lipinski definition) is 4. The van der Waals surface area contributed by atoms with Gasteiger partial charge in [-0.1, -0.05) is 6.92 Å². The van der Waals surface area contributed by atoms with Crippen LogP contribution in [0.1, 0.15) is 26.7 Å². The third-order valence-electron chi connectivity index (χ3n) is 3.31. The van der Waals surface area contributed by atoms with Crippen LogP contribution in [-0.2, 0) is 4.79 Å². The molecule has 2 saturated heterocycles. The van der Waals surface area contributed by atoms with Crippen LogP contribution in [0, 0.1) is 5.41 Å². The van der Waals surface area contributed by atoms with Gasteiger partial charge in [0.25, 0.3) is 0 Å². The van der Waals surface area contributed by atoms with Crippen LogP contribution >= 0.6 is 0 Å². The molecule has 0 spiro atoms. The van der Waals surface area contributed by atoms with Crippen molar-refractivity contribution in [3.8, 4) is 0 Å². The van der Waals surface area contributed by atoms with Crippen molar-refractivity contribution >= 4 is 5.91 Å². The molecule has 2 fully saturated rings. The molecule has 0 aromatic carbocycles. The minimum Gasteiger partial charge on any atom is -0.388 e. The smallest absolute Gasteiger partial charge is 0.223 e. The molecule has 0 aromatic heterocycles. The monoisotopic (exact) mass is 229 g/mol. The molecule has 0 unspecified atom stereocenters. The molecule has 2 rings (SSSR count). The third-order valence-corrected chi connectivity index (χ3v) is 3.31. The predicted molar refractivity (Wildman–Crippen MR) is 62.9 cm³/mol. The standard InChI is InChI=1S/C7H14N2O.C4H9NO/c1-7(6(8)10)2-4-9-5-3-7;1-4(6)2-5-3-4/h9H,2-5H2,1H3,(H2,8,10);5-6H,2-3H2,1H3. The number of amides is 1. The lowest BCUT2D eigenvalue weighted by Crippen LogP contribution is -2.57. The van der Waals surface area contributed by atoms with Crippen LogP contribution in [0.2, 0.25) is 0 Å². The molecule has 1 amide bonds. The first-order valence-electron chi connectivity index (χ1n) is 5.79. The van der Waals surface area contributed by atoms with E-state index in [9.17, 15) is 4.79 Å². The summed E-state index contributed by atoms with van der Waals surface area (Å²) >= 11 is 0. The van der Waals surface area contributed by atoms with E-state index in [1.165, 1.54) is 0 Å². The Morgan fingerprint density at radius 2 is 1.62 bits per heavy atom. The summed E-state index contributed by atoms with van der Waals surface area (Å²) in [6.45, 7) is 7.11. The van der Waals surface area contributed by atoms with Crippen molar-refractivity contribution in [3.63, 3.8) is 0 Å². The number of carbonyl (C=O) groups is 1. The summed E-state index contributed by atoms with van der Waals surface area (Å²) in [5.74, 6) is -0.158. The average molecular weight is 229 g/mol. The van der Waals surface area contributed by atoms with Gasteiger partial charge in [0.05, 0.1) is 5.60 Å². The lowest BCUT2D eigenvalue weighted by atomic mass is 9.80. The number of primary amides is 1. The van der Waals surface area contributed by atoms with Gasteiger partial charge in [0.15, 0.2) is 0 Å². The van der Waals surface area contributed by atoms with Crippen LogP contribution in [0.25, 0.3) is 0 Å². The second-order valence-electron chi connectivity index (χ2n) is 5.28. The van der Waals surface area contributed by atoms with Gasteiger partial charge in [-0.25, -0.2) is 0 Å². The Balaban J connectivity index is 0.000000181. The van der Waals surface area contributed by atoms with Gasteiger partial charge in [0.1, 0.15) is 0 Å². The van der Waals surface area contributed by atoms with Crippen LogP contribution in [0.3, 0.4) is 0 Å². The van der Waals surface area contributed by atoms with E-state index < -0.39 is 0 Å². The van der Waals surface area contributed by atoms with Gasteiger partial charge in [-0.05, 0) is 32.9 Å². The zero-order valence-electron chi connectivity index (χ0n) is 10.2. The zero-order chi connectivity index (χ0) is 12.2. The Morgan fingerprint density at radius 3 is 1.81 bits per heavy atom. The number of nitrogens with two attached hydrogens (primary N) is 1. The topological polar surface area (TPSA) is 87.4 Å². The molecule has 0 saturated carbocycles. The number of hydrogen-bond acceptors (Lipinski definition) is 4. The van der Waals surface area contributed by atoms with Crippen molar-refractivity contribution in [3.05, 3.63) is 0 Å². The third kappa shape index (κ3) is 3.73. The van der Waals surface area contributed by atoms with Gasteiger partial charge in [-0.15, -0.1) is 0 Å². The van der Waals surface area contributed by atoms with Crippen LogP contribution in [0.15, 0.2) is 0 Å². The maximum absolute atomic E-state index is 10.9. The molecular formula is C11H23N3O2. The summed E-state index contributed by atoms with van der Waals surface area (Å²) in [6, 6.07) is 0. The number of piperidine rings is 1. The van der Waals surface area contributed by atoms with Crippen LogP contribution < -0.4 is 16.4 Å². The van der Waals surface area contributed by atoms with E-state index in [-0.39, 0.29) is 16.9 Å². The van der Waals surface area contributed by atoms with E-state index in [1.54, 1.807) is 0 Å². The van der Waals surface area contributed by atoms with Gasteiger partial charge in [0, 0.05) is 18.5 Å². The second kappa shape index (κ2) is 5.12. The van der Waals surface area contributed by atoms with Crippen LogP contribution in [0.4, 0.5) is 0 Å². The Hall–Kier alpha value is -0.650. The summed E-state index contributed by atoms with van der Waals surface area (Å²) < 4.78 is 0. The molecule has 0 bridgehead atoms. The van der Waals surface area contributed by atoms with E-state index in [2.05, 4.69) is 10.6 Å². The average Bonchev–Trinajstić information content (AvgIpc) is 2.18. The van der Waals surface area contributed by atoms with E-state index in [1.807, 2.05) is 13.8 Å². The molecule has 2 heterocycles. The van der Waals surface area contributed by atoms with Crippen LogP contribution in [-0.4, -0.2) is 42.8 Å². The Morgan fingerprint density at radius 1 is 1.19 bits per heavy atom. The van der Waals surface area contributed by atoms with Crippen molar-refractivity contribution in [2.24, 2.45) is 11.1 Å². The highest BCUT2D eigenvalue weighted by molar-refractivity contribution is 5.80. The molecule has 0 radical (unpaired) electrons. The molecule has 0 atom stereocenters. The first-order valence-corrected chi connectivity index (χ1v) is 5.79. The fraction of sp³-hybridized carbons (Fsp3) is 0.909. The highest BCUT2D eigenvalue weighted by atomic mass is 16.3. The highest BCUT2D eigenvalue weighted by Crippen LogP contribution is 2.26. The van der Waals surface area contributed by atoms with Crippen molar-refractivity contribution in [2.45, 2.75) is 32.3 Å². The number of aliphatic hydroxyl groups is 1. The number of rotatable bonds is 1. The zero-order valence-corrected chi connectivity index (χ0v) is 10.2. The van der Waals surface area contributed by atoms with E-state index in [0.717, 1.165) is 39.0 Å². The molecule has 0 aromatic rings. The first kappa shape index (κ1) is 13.4. The van der Waals surface area contributed by atoms with Gasteiger partial charge in [0.2, 0.25) is 5.91 Å². The lowest BCUT2D eigenvalue weighted by molar-refractivity contribution is -0.128. The minimum absolute atomic E-state index is 0.158. The predicted octanol–water partition coefficient (Wildman–Crippen LogP) is -0.798. The van der Waals surface area contributed by atoms with Crippen molar-refractivity contribution in [1.29, 1.82) is 0 Å². The molecule has 16 heavy (non-hydrogen) atoms. The second-order valence-corrected chi connectivity index (χ2v) is 5.28. The molecule has 5 N–H and O–H groups in total. The fourth-order valence-electron chi connectivity index (χ4n) is 1.71. The van der Waals surface area contributed by atoms with Crippen molar-refractivity contribution < 1.29 is 9.90 Å². The maximum atomic E-state index is 10.9. The van der Waals surface area contributed by atoms with E-state index in [0.29, 0.717) is 0 Å². The molecule has 5 nitrogen and oxygen atoms in total. The van der Waals surface area contributed by atoms with Gasteiger partial charge in [-0.3, -0.25) is 4.79 Å². The SMILES string of the molecule is CC1(C(N)=O)CCNCC1.CC1(O)CNC1. The Bertz CT molecular complexity index is 242. The summed E-state index contributed by atoms with van der Waals surface area (Å²) in [5.41, 5.74) is 4.60. The Kier molecular flexibility index (Phi) is 4.29. The van der Waals surface area contributed by atoms with E-state index in [4.69, 9.17) is 10.8 Å². The van der Waals surface area contributed by atoms with Crippen LogP contribution in [0.5, 0.6) is 0 Å². The van der Waals surface area contributed by atoms with Crippen molar-refractivity contribution in [1.82, 2.24) is 10.6 Å². The maximum Gasteiger partial charge on any atom is 0.223 e. The summed E-state index contributed by atoms with van der Waals surface area (Å²) in [4.78, 5) is 10.9. The first-order chi connectivity index (χ1) is 7.36. The number of nitrogens with one attached hydrogen (secondary N) is 2. The van der Waals surface area contributed by atoms with Gasteiger partial charge in [-0.2, -0.15) is 0 Å². The normalized spacial score (nSPS) is 25.9. The molecule has 0 aliphatic carbocycles. The number of carbonyl (C=O) groups excluding carboxylic acids is 1. The summed E-state index contributed by atoms with van der Waals surface area (Å²) in [5, 5.41) is 15.0. The van der Waals surface area contributed by atoms with E-state index >= 15 is 0 Å². The fourth-order valence-corrected chi connectivity index (χ4v) is 1.71. The highest BCUT2D eigenvalue weighted by Gasteiger charge is 2.32. The van der Waals surface area contributed by atoms with Crippen molar-refractivity contribution in [2.75, 3.05) is 26.2 Å². The van der Waals surface area contributed by atoms with Gasteiger partial charge >= 0.3 is 0 Å². The quantitative estimate of drug-likeness (QED) is 0.474. The molecule has 2 aliphatic rings. The molecule has 2 aliphatic heterocycles. The largest absolute Gasteiger partial charge is 0.388 e. The van der Waals surface area contributed by atoms with Gasteiger partial charge < -0.3 is 21.5 Å². The molecule has 94 valence electrons. The summed E-state index contributed by atoms with van der Waals surface area (Å²) in [7, 11) is 0. The summed E-state index contributed by atoms with van der Waals surface area (Å²) in [6.07, 6.45) is 1.75. The number of β-amino-alcohol motifs (C(OH)–C–C–N with tert-alkyl or cyclic N) is 1. The lowest BCUT2D eigenvalue weighted by Gasteiger charge is -2.33.